The Kier molecular flexibility index (Phi) is 3.96. The maximum absolute atomic E-state index is 11.9. The molecule has 0 saturated heterocycles. The van der Waals surface area contributed by atoms with Crippen LogP contribution in [0.5, 0.6) is 0 Å². The van der Waals surface area contributed by atoms with Crippen molar-refractivity contribution in [3.8, 4) is 0 Å². The van der Waals surface area contributed by atoms with Gasteiger partial charge in [0.1, 0.15) is 5.69 Å². The number of carboxylic acid groups (broad SMARTS) is 1. The lowest BCUT2D eigenvalue weighted by atomic mass is 10.2. The number of rotatable bonds is 3. The Labute approximate surface area is 123 Å². The first-order valence-corrected chi connectivity index (χ1v) is 6.15. The zero-order chi connectivity index (χ0) is 14.9. The van der Waals surface area contributed by atoms with E-state index in [9.17, 15) is 9.59 Å². The topological polar surface area (TPSA) is 84.2 Å². The second kappa shape index (κ2) is 5.52. The highest BCUT2D eigenvalue weighted by molar-refractivity contribution is 6.40. The summed E-state index contributed by atoms with van der Waals surface area (Å²) in [5.74, 6) is -1.64. The summed E-state index contributed by atoms with van der Waals surface area (Å²) >= 11 is 11.9. The molecule has 0 fully saturated rings. The first kappa shape index (κ1) is 14.4. The Balaban J connectivity index is 2.30. The van der Waals surface area contributed by atoms with Crippen LogP contribution >= 0.6 is 23.2 Å². The SMILES string of the molecule is Cn1cnc(C(=O)Nc2c(Cl)cc(C(=O)O)cc2Cl)c1. The van der Waals surface area contributed by atoms with Crippen molar-refractivity contribution < 1.29 is 14.7 Å². The molecule has 0 unspecified atom stereocenters. The summed E-state index contributed by atoms with van der Waals surface area (Å²) in [4.78, 5) is 26.7. The first-order chi connectivity index (χ1) is 9.38. The number of hydrogen-bond acceptors (Lipinski definition) is 3. The van der Waals surface area contributed by atoms with Crippen molar-refractivity contribution >= 4 is 40.8 Å². The summed E-state index contributed by atoms with van der Waals surface area (Å²) < 4.78 is 1.62. The van der Waals surface area contributed by atoms with E-state index in [1.807, 2.05) is 0 Å². The quantitative estimate of drug-likeness (QED) is 0.912. The molecule has 0 spiro atoms. The van der Waals surface area contributed by atoms with E-state index < -0.39 is 11.9 Å². The molecule has 2 aromatic rings. The average Bonchev–Trinajstić information content (AvgIpc) is 2.80. The predicted molar refractivity (Wildman–Crippen MR) is 74.6 cm³/mol. The molecule has 0 atom stereocenters. The maximum atomic E-state index is 11.9. The van der Waals surface area contributed by atoms with Gasteiger partial charge in [0.05, 0.1) is 27.6 Å². The number of halogens is 2. The van der Waals surface area contributed by atoms with Crippen molar-refractivity contribution in [2.24, 2.45) is 7.05 Å². The highest BCUT2D eigenvalue weighted by Gasteiger charge is 2.16. The summed E-state index contributed by atoms with van der Waals surface area (Å²) in [6.07, 6.45) is 3.01. The number of carbonyl (C=O) groups is 2. The van der Waals surface area contributed by atoms with Gasteiger partial charge in [0.15, 0.2) is 0 Å². The number of nitrogens with one attached hydrogen (secondary N) is 1. The molecule has 0 saturated carbocycles. The van der Waals surface area contributed by atoms with Crippen LogP contribution in [0.3, 0.4) is 0 Å². The number of benzene rings is 1. The fourth-order valence-electron chi connectivity index (χ4n) is 1.52. The van der Waals surface area contributed by atoms with E-state index in [2.05, 4.69) is 10.3 Å². The van der Waals surface area contributed by atoms with Gasteiger partial charge < -0.3 is 15.0 Å². The van der Waals surface area contributed by atoms with Crippen molar-refractivity contribution in [3.63, 3.8) is 0 Å². The molecule has 6 nitrogen and oxygen atoms in total. The van der Waals surface area contributed by atoms with Crippen molar-refractivity contribution in [3.05, 3.63) is 46.0 Å². The molecule has 2 rings (SSSR count). The van der Waals surface area contributed by atoms with Crippen molar-refractivity contribution in [1.82, 2.24) is 9.55 Å². The van der Waals surface area contributed by atoms with E-state index in [-0.39, 0.29) is 27.0 Å². The van der Waals surface area contributed by atoms with Gasteiger partial charge in [-0.3, -0.25) is 4.79 Å². The van der Waals surface area contributed by atoms with Gasteiger partial charge in [-0.25, -0.2) is 9.78 Å². The van der Waals surface area contributed by atoms with E-state index in [1.165, 1.54) is 24.7 Å². The van der Waals surface area contributed by atoms with Crippen LogP contribution in [0.4, 0.5) is 5.69 Å². The van der Waals surface area contributed by atoms with Crippen LogP contribution in [0.2, 0.25) is 10.0 Å². The summed E-state index contributed by atoms with van der Waals surface area (Å²) in [6.45, 7) is 0. The second-order valence-corrected chi connectivity index (χ2v) is 4.81. The van der Waals surface area contributed by atoms with Gasteiger partial charge in [-0.05, 0) is 12.1 Å². The number of amides is 1. The molecular weight excluding hydrogens is 305 g/mol. The Morgan fingerprint density at radius 3 is 2.35 bits per heavy atom. The lowest BCUT2D eigenvalue weighted by Gasteiger charge is -2.09. The van der Waals surface area contributed by atoms with E-state index >= 15 is 0 Å². The van der Waals surface area contributed by atoms with Crippen LogP contribution in [0.25, 0.3) is 0 Å². The standard InChI is InChI=1S/C12H9Cl2N3O3/c1-17-4-9(15-5-17)11(18)16-10-7(13)2-6(12(19)20)3-8(10)14/h2-5H,1H3,(H,16,18)(H,19,20). The van der Waals surface area contributed by atoms with Crippen LogP contribution in [-0.2, 0) is 7.05 Å². The smallest absolute Gasteiger partial charge is 0.335 e. The summed E-state index contributed by atoms with van der Waals surface area (Å²) in [5.41, 5.74) is 0.284. The number of carbonyl (C=O) groups excluding carboxylic acids is 1. The molecule has 1 heterocycles. The van der Waals surface area contributed by atoms with Gasteiger partial charge in [-0.1, -0.05) is 23.2 Å². The third-order valence-corrected chi connectivity index (χ3v) is 3.06. The molecule has 0 bridgehead atoms. The van der Waals surface area contributed by atoms with Crippen LogP contribution < -0.4 is 5.32 Å². The molecule has 1 amide bonds. The van der Waals surface area contributed by atoms with E-state index in [1.54, 1.807) is 11.6 Å². The van der Waals surface area contributed by atoms with Gasteiger partial charge in [-0.15, -0.1) is 0 Å². The van der Waals surface area contributed by atoms with Gasteiger partial charge in [-0.2, -0.15) is 0 Å². The highest BCUT2D eigenvalue weighted by atomic mass is 35.5. The monoisotopic (exact) mass is 313 g/mol. The van der Waals surface area contributed by atoms with E-state index in [0.29, 0.717) is 0 Å². The average molecular weight is 314 g/mol. The number of anilines is 1. The molecule has 0 aliphatic carbocycles. The molecule has 1 aromatic heterocycles. The largest absolute Gasteiger partial charge is 0.478 e. The lowest BCUT2D eigenvalue weighted by Crippen LogP contribution is -2.13. The Bertz CT molecular complexity index is 674. The predicted octanol–water partition coefficient (Wildman–Crippen LogP) is 2.68. The van der Waals surface area contributed by atoms with Crippen LogP contribution in [0.15, 0.2) is 24.7 Å². The number of nitrogens with zero attached hydrogens (tertiary/aromatic N) is 2. The fourth-order valence-corrected chi connectivity index (χ4v) is 2.11. The Morgan fingerprint density at radius 1 is 1.30 bits per heavy atom. The summed E-state index contributed by atoms with van der Waals surface area (Å²) in [5, 5.41) is 11.5. The molecule has 0 aliphatic heterocycles. The molecule has 0 aliphatic rings. The molecule has 8 heteroatoms. The molecule has 20 heavy (non-hydrogen) atoms. The number of imidazole rings is 1. The summed E-state index contributed by atoms with van der Waals surface area (Å²) in [7, 11) is 1.73. The molecule has 2 N–H and O–H groups in total. The minimum absolute atomic E-state index is 0.0409. The third-order valence-electron chi connectivity index (χ3n) is 2.47. The first-order valence-electron chi connectivity index (χ1n) is 5.40. The Morgan fingerprint density at radius 2 is 1.90 bits per heavy atom. The second-order valence-electron chi connectivity index (χ2n) is 4.00. The minimum atomic E-state index is -1.16. The number of aromatic nitrogens is 2. The maximum Gasteiger partial charge on any atom is 0.335 e. The molecule has 0 radical (unpaired) electrons. The van der Waals surface area contributed by atoms with Gasteiger partial charge in [0.25, 0.3) is 5.91 Å². The minimum Gasteiger partial charge on any atom is -0.478 e. The molecule has 104 valence electrons. The lowest BCUT2D eigenvalue weighted by molar-refractivity contribution is 0.0696. The van der Waals surface area contributed by atoms with Crippen LogP contribution in [0, 0.1) is 0 Å². The van der Waals surface area contributed by atoms with Crippen molar-refractivity contribution in [2.75, 3.05) is 5.32 Å². The van der Waals surface area contributed by atoms with Crippen molar-refractivity contribution in [1.29, 1.82) is 0 Å². The van der Waals surface area contributed by atoms with Crippen LogP contribution in [0.1, 0.15) is 20.8 Å². The molecule has 1 aromatic carbocycles. The van der Waals surface area contributed by atoms with Gasteiger partial charge in [0, 0.05) is 13.2 Å². The third kappa shape index (κ3) is 2.92. The van der Waals surface area contributed by atoms with Gasteiger partial charge in [0.2, 0.25) is 0 Å². The van der Waals surface area contributed by atoms with E-state index in [0.717, 1.165) is 0 Å². The number of aromatic carboxylic acids is 1. The fraction of sp³-hybridized carbons (Fsp3) is 0.0833. The number of aryl methyl sites for hydroxylation is 1. The number of hydrogen-bond donors (Lipinski definition) is 2. The number of carboxylic acids is 1. The van der Waals surface area contributed by atoms with Crippen molar-refractivity contribution in [2.45, 2.75) is 0 Å². The van der Waals surface area contributed by atoms with Crippen LogP contribution in [-0.4, -0.2) is 26.5 Å². The normalized spacial score (nSPS) is 10.3. The summed E-state index contributed by atoms with van der Waals surface area (Å²) in [6, 6.07) is 2.42. The zero-order valence-corrected chi connectivity index (χ0v) is 11.7. The highest BCUT2D eigenvalue weighted by Crippen LogP contribution is 2.32. The Hall–Kier alpha value is -2.05. The van der Waals surface area contributed by atoms with E-state index in [4.69, 9.17) is 28.3 Å². The van der Waals surface area contributed by atoms with Gasteiger partial charge >= 0.3 is 5.97 Å². The zero-order valence-electron chi connectivity index (χ0n) is 10.2. The molecular formula is C12H9Cl2N3O3.